The Morgan fingerprint density at radius 2 is 2.24 bits per heavy atom. The fourth-order valence-electron chi connectivity index (χ4n) is 3.59. The van der Waals surface area contributed by atoms with Gasteiger partial charge in [0, 0.05) is 13.1 Å². The molecule has 1 atom stereocenters. The molecule has 1 saturated carbocycles. The zero-order valence-electron chi connectivity index (χ0n) is 13.8. The zero-order chi connectivity index (χ0) is 17.0. The van der Waals surface area contributed by atoms with Crippen molar-refractivity contribution in [2.75, 3.05) is 6.54 Å². The Hall–Kier alpha value is -2.12. The third-order valence-corrected chi connectivity index (χ3v) is 6.03. The minimum Gasteiger partial charge on any atom is -0.386 e. The number of aliphatic hydroxyl groups is 1. The number of hydrogen-bond acceptors (Lipinski definition) is 4. The molecule has 2 N–H and O–H groups in total. The monoisotopic (exact) mass is 356 g/mol. The zero-order valence-corrected chi connectivity index (χ0v) is 14.6. The van der Waals surface area contributed by atoms with E-state index in [4.69, 9.17) is 0 Å². The maximum absolute atomic E-state index is 12.9. The highest BCUT2D eigenvalue weighted by Crippen LogP contribution is 2.40. The Balaban J connectivity index is 1.39. The molecule has 0 radical (unpaired) electrons. The standard InChI is InChI=1S/C18H20N4O2S/c23-17(11-2-3-11)14-8-12-10-21(5-1-6-22(12)20-14)18(24)15-9-16-13(19-15)4-7-25-16/h4,7-9,11,17,19,23H,1-3,5-6,10H2/t17-/m0/s1. The van der Waals surface area contributed by atoms with Crippen molar-refractivity contribution in [2.24, 2.45) is 5.92 Å². The normalized spacial score (nSPS) is 19.0. The predicted octanol–water partition coefficient (Wildman–Crippen LogP) is 2.92. The first kappa shape index (κ1) is 15.2. The highest BCUT2D eigenvalue weighted by Gasteiger charge is 2.33. The summed E-state index contributed by atoms with van der Waals surface area (Å²) in [6.45, 7) is 2.04. The molecule has 3 aromatic heterocycles. The lowest BCUT2D eigenvalue weighted by Crippen LogP contribution is -2.30. The number of aryl methyl sites for hydroxylation is 1. The Labute approximate surface area is 149 Å². The molecule has 3 aromatic rings. The Morgan fingerprint density at radius 1 is 1.36 bits per heavy atom. The summed E-state index contributed by atoms with van der Waals surface area (Å²) in [5.74, 6) is 0.395. The van der Waals surface area contributed by atoms with Gasteiger partial charge in [-0.2, -0.15) is 5.10 Å². The third-order valence-electron chi connectivity index (χ3n) is 5.16. The molecule has 0 bridgehead atoms. The van der Waals surface area contributed by atoms with Crippen LogP contribution in [0.15, 0.2) is 23.6 Å². The van der Waals surface area contributed by atoms with Crippen LogP contribution in [-0.4, -0.2) is 37.2 Å². The molecule has 1 aliphatic carbocycles. The fourth-order valence-corrected chi connectivity index (χ4v) is 4.37. The minimum absolute atomic E-state index is 0.0299. The maximum atomic E-state index is 12.9. The number of carbonyl (C=O) groups excluding carboxylic acids is 1. The van der Waals surface area contributed by atoms with Gasteiger partial charge in [-0.15, -0.1) is 11.3 Å². The topological polar surface area (TPSA) is 74.2 Å². The predicted molar refractivity (Wildman–Crippen MR) is 95.4 cm³/mol. The van der Waals surface area contributed by atoms with Crippen molar-refractivity contribution in [3.8, 4) is 0 Å². The van der Waals surface area contributed by atoms with E-state index in [9.17, 15) is 9.90 Å². The summed E-state index contributed by atoms with van der Waals surface area (Å²) in [6, 6.07) is 5.91. The average molecular weight is 356 g/mol. The van der Waals surface area contributed by atoms with Gasteiger partial charge >= 0.3 is 0 Å². The van der Waals surface area contributed by atoms with Gasteiger partial charge in [0.25, 0.3) is 5.91 Å². The third kappa shape index (κ3) is 2.67. The molecule has 0 aromatic carbocycles. The SMILES string of the molecule is O=C(c1cc2sccc2[nH]1)N1CCCn2nc([C@@H](O)C3CC3)cc2C1. The van der Waals surface area contributed by atoms with Crippen LogP contribution >= 0.6 is 11.3 Å². The highest BCUT2D eigenvalue weighted by molar-refractivity contribution is 7.17. The van der Waals surface area contributed by atoms with Crippen molar-refractivity contribution in [1.29, 1.82) is 0 Å². The second-order valence-corrected chi connectivity index (χ2v) is 7.98. The summed E-state index contributed by atoms with van der Waals surface area (Å²) in [4.78, 5) is 18.0. The lowest BCUT2D eigenvalue weighted by atomic mass is 10.1. The first-order chi connectivity index (χ1) is 12.2. The molecule has 1 amide bonds. The molecule has 1 fully saturated rings. The molecule has 130 valence electrons. The molecular formula is C18H20N4O2S. The number of thiophene rings is 1. The lowest BCUT2D eigenvalue weighted by molar-refractivity contribution is 0.0741. The van der Waals surface area contributed by atoms with Crippen LogP contribution in [0.4, 0.5) is 0 Å². The molecule has 0 unspecified atom stereocenters. The average Bonchev–Trinajstić information content (AvgIpc) is 3.13. The molecule has 25 heavy (non-hydrogen) atoms. The van der Waals surface area contributed by atoms with Crippen LogP contribution in [0.5, 0.6) is 0 Å². The molecule has 5 rings (SSSR count). The van der Waals surface area contributed by atoms with E-state index in [1.54, 1.807) is 11.3 Å². The van der Waals surface area contributed by atoms with Crippen LogP contribution < -0.4 is 0 Å². The molecule has 1 aliphatic heterocycles. The van der Waals surface area contributed by atoms with Crippen molar-refractivity contribution >= 4 is 27.5 Å². The number of rotatable bonds is 3. The smallest absolute Gasteiger partial charge is 0.270 e. The van der Waals surface area contributed by atoms with Crippen molar-refractivity contribution < 1.29 is 9.90 Å². The van der Waals surface area contributed by atoms with Gasteiger partial charge < -0.3 is 15.0 Å². The second-order valence-electron chi connectivity index (χ2n) is 7.03. The molecule has 0 spiro atoms. The quantitative estimate of drug-likeness (QED) is 0.758. The highest BCUT2D eigenvalue weighted by atomic mass is 32.1. The molecule has 7 heteroatoms. The molecule has 6 nitrogen and oxygen atoms in total. The maximum Gasteiger partial charge on any atom is 0.270 e. The van der Waals surface area contributed by atoms with Gasteiger partial charge in [0.1, 0.15) is 11.8 Å². The van der Waals surface area contributed by atoms with Gasteiger partial charge in [0.2, 0.25) is 0 Å². The summed E-state index contributed by atoms with van der Waals surface area (Å²) in [5, 5.41) is 16.9. The lowest BCUT2D eigenvalue weighted by Gasteiger charge is -2.19. The summed E-state index contributed by atoms with van der Waals surface area (Å²) in [5.41, 5.74) is 3.43. The van der Waals surface area contributed by atoms with Gasteiger partial charge in [0.15, 0.2) is 0 Å². The van der Waals surface area contributed by atoms with Crippen LogP contribution in [0.1, 0.15) is 47.2 Å². The van der Waals surface area contributed by atoms with E-state index in [0.717, 1.165) is 54.0 Å². The number of H-pyrrole nitrogens is 1. The number of amides is 1. The number of aromatic amines is 1. The number of nitrogens with zero attached hydrogens (tertiary/aromatic N) is 3. The van der Waals surface area contributed by atoms with E-state index < -0.39 is 6.10 Å². The molecule has 2 aliphatic rings. The van der Waals surface area contributed by atoms with E-state index >= 15 is 0 Å². The van der Waals surface area contributed by atoms with Gasteiger partial charge in [-0.05, 0) is 48.8 Å². The van der Waals surface area contributed by atoms with E-state index in [1.165, 1.54) is 0 Å². The molecular weight excluding hydrogens is 336 g/mol. The first-order valence-electron chi connectivity index (χ1n) is 8.79. The van der Waals surface area contributed by atoms with Crippen LogP contribution in [0.25, 0.3) is 10.2 Å². The Bertz CT molecular complexity index is 908. The summed E-state index contributed by atoms with van der Waals surface area (Å²) >= 11 is 1.64. The summed E-state index contributed by atoms with van der Waals surface area (Å²) in [6.07, 6.45) is 2.57. The number of carbonyl (C=O) groups is 1. The van der Waals surface area contributed by atoms with Gasteiger partial charge in [0.05, 0.1) is 28.1 Å². The minimum atomic E-state index is -0.459. The largest absolute Gasteiger partial charge is 0.386 e. The van der Waals surface area contributed by atoms with E-state index in [-0.39, 0.29) is 5.91 Å². The van der Waals surface area contributed by atoms with Crippen molar-refractivity contribution in [1.82, 2.24) is 19.7 Å². The number of nitrogens with one attached hydrogen (secondary N) is 1. The number of hydrogen-bond donors (Lipinski definition) is 2. The van der Waals surface area contributed by atoms with Crippen LogP contribution in [0.2, 0.25) is 0 Å². The van der Waals surface area contributed by atoms with Crippen LogP contribution in [0, 0.1) is 5.92 Å². The molecule has 0 saturated heterocycles. The first-order valence-corrected chi connectivity index (χ1v) is 9.67. The van der Waals surface area contributed by atoms with E-state index in [1.807, 2.05) is 33.2 Å². The number of aromatic nitrogens is 3. The Kier molecular flexibility index (Phi) is 3.46. The van der Waals surface area contributed by atoms with Gasteiger partial charge in [-0.25, -0.2) is 0 Å². The van der Waals surface area contributed by atoms with Gasteiger partial charge in [-0.1, -0.05) is 0 Å². The van der Waals surface area contributed by atoms with Crippen LogP contribution in [0.3, 0.4) is 0 Å². The fraction of sp³-hybridized carbons (Fsp3) is 0.444. The van der Waals surface area contributed by atoms with Gasteiger partial charge in [-0.3, -0.25) is 9.48 Å². The number of fused-ring (bicyclic) bond motifs is 2. The molecule has 4 heterocycles. The van der Waals surface area contributed by atoms with Crippen molar-refractivity contribution in [2.45, 2.75) is 38.5 Å². The van der Waals surface area contributed by atoms with Crippen molar-refractivity contribution in [3.63, 3.8) is 0 Å². The van der Waals surface area contributed by atoms with Crippen molar-refractivity contribution in [3.05, 3.63) is 40.7 Å². The number of aliphatic hydroxyl groups excluding tert-OH is 1. The second kappa shape index (κ2) is 5.71. The van der Waals surface area contributed by atoms with E-state index in [0.29, 0.717) is 18.2 Å². The van der Waals surface area contributed by atoms with Crippen LogP contribution in [-0.2, 0) is 13.1 Å². The summed E-state index contributed by atoms with van der Waals surface area (Å²) in [7, 11) is 0. The Morgan fingerprint density at radius 3 is 3.04 bits per heavy atom. The van der Waals surface area contributed by atoms with E-state index in [2.05, 4.69) is 10.1 Å². The summed E-state index contributed by atoms with van der Waals surface area (Å²) < 4.78 is 3.07.